The molecule has 0 aliphatic carbocycles. The smallest absolute Gasteiger partial charge is 0.216 e. The molecule has 0 aliphatic rings. The molecular weight excluding hydrogens is 451 g/mol. The first-order valence-electron chi connectivity index (χ1n) is 7.75. The molecule has 0 saturated carbocycles. The van der Waals surface area contributed by atoms with Crippen LogP contribution in [0.5, 0.6) is 0 Å². The molecular formula is C16H21IN6OS. The maximum Gasteiger partial charge on any atom is 0.216 e. The largest absolute Gasteiger partial charge is 0.461 e. The molecule has 0 aliphatic heterocycles. The van der Waals surface area contributed by atoms with Crippen LogP contribution in [-0.4, -0.2) is 28.2 Å². The Morgan fingerprint density at radius 2 is 2.04 bits per heavy atom. The van der Waals surface area contributed by atoms with E-state index >= 15 is 0 Å². The first-order chi connectivity index (χ1) is 11.8. The van der Waals surface area contributed by atoms with Crippen LogP contribution in [0.25, 0.3) is 11.6 Å². The van der Waals surface area contributed by atoms with E-state index in [1.165, 1.54) is 9.75 Å². The van der Waals surface area contributed by atoms with Crippen LogP contribution in [0.15, 0.2) is 39.9 Å². The lowest BCUT2D eigenvalue weighted by Gasteiger charge is -2.09. The number of aryl methyl sites for hydroxylation is 1. The second kappa shape index (κ2) is 9.56. The van der Waals surface area contributed by atoms with Gasteiger partial charge in [0.05, 0.1) is 19.4 Å². The van der Waals surface area contributed by atoms with Crippen molar-refractivity contribution in [3.63, 3.8) is 0 Å². The standard InChI is InChI=1S/C16H20N6OS.HI/c1-3-11-6-7-12(24-11)9-18-16(17-2)19-10-14-20-15(22-21-14)13-5-4-8-23-13;/h4-8H,3,9-10H2,1-2H3,(H2,17,18,19)(H,20,21,22);1H. The van der Waals surface area contributed by atoms with Gasteiger partial charge < -0.3 is 15.1 Å². The fourth-order valence-corrected chi connectivity index (χ4v) is 3.05. The Labute approximate surface area is 167 Å². The van der Waals surface area contributed by atoms with Crippen molar-refractivity contribution in [3.8, 4) is 11.6 Å². The molecule has 25 heavy (non-hydrogen) atoms. The van der Waals surface area contributed by atoms with Gasteiger partial charge in [-0.15, -0.1) is 40.4 Å². The summed E-state index contributed by atoms with van der Waals surface area (Å²) in [5, 5.41) is 13.5. The lowest BCUT2D eigenvalue weighted by Crippen LogP contribution is -2.36. The SMILES string of the molecule is CCc1ccc(CNC(=NC)NCc2nc(-c3ccco3)n[nH]2)s1.I. The molecule has 3 N–H and O–H groups in total. The number of aromatic nitrogens is 3. The Morgan fingerprint density at radius 3 is 2.72 bits per heavy atom. The molecule has 3 heterocycles. The van der Waals surface area contributed by atoms with Gasteiger partial charge in [-0.1, -0.05) is 6.92 Å². The minimum absolute atomic E-state index is 0. The van der Waals surface area contributed by atoms with Crippen molar-refractivity contribution in [2.45, 2.75) is 26.4 Å². The van der Waals surface area contributed by atoms with E-state index < -0.39 is 0 Å². The molecule has 3 aromatic rings. The number of rotatable bonds is 6. The quantitative estimate of drug-likeness (QED) is 0.291. The molecule has 0 spiro atoms. The zero-order valence-electron chi connectivity index (χ0n) is 14.1. The summed E-state index contributed by atoms with van der Waals surface area (Å²) in [5.74, 6) is 2.63. The van der Waals surface area contributed by atoms with Crippen molar-refractivity contribution in [2.75, 3.05) is 7.05 Å². The van der Waals surface area contributed by atoms with E-state index in [1.807, 2.05) is 23.5 Å². The van der Waals surface area contributed by atoms with Crippen LogP contribution < -0.4 is 10.6 Å². The zero-order valence-corrected chi connectivity index (χ0v) is 17.2. The van der Waals surface area contributed by atoms with Gasteiger partial charge in [0.2, 0.25) is 5.82 Å². The van der Waals surface area contributed by atoms with E-state index in [2.05, 4.69) is 49.9 Å². The highest BCUT2D eigenvalue weighted by atomic mass is 127. The third-order valence-corrected chi connectivity index (χ3v) is 4.65. The predicted octanol–water partition coefficient (Wildman–Crippen LogP) is 3.17. The van der Waals surface area contributed by atoms with Gasteiger partial charge in [0.25, 0.3) is 0 Å². The minimum Gasteiger partial charge on any atom is -0.461 e. The molecule has 134 valence electrons. The van der Waals surface area contributed by atoms with Gasteiger partial charge in [-0.25, -0.2) is 4.98 Å². The topological polar surface area (TPSA) is 91.1 Å². The van der Waals surface area contributed by atoms with Crippen LogP contribution >= 0.6 is 35.3 Å². The van der Waals surface area contributed by atoms with Crippen molar-refractivity contribution in [3.05, 3.63) is 46.1 Å². The number of nitrogens with one attached hydrogen (secondary N) is 3. The molecule has 3 rings (SSSR count). The van der Waals surface area contributed by atoms with Gasteiger partial charge in [-0.3, -0.25) is 10.1 Å². The number of furan rings is 1. The highest BCUT2D eigenvalue weighted by Crippen LogP contribution is 2.16. The number of thiophene rings is 1. The van der Waals surface area contributed by atoms with E-state index in [9.17, 15) is 0 Å². The summed E-state index contributed by atoms with van der Waals surface area (Å²) in [6.45, 7) is 3.41. The number of halogens is 1. The van der Waals surface area contributed by atoms with Gasteiger partial charge in [-0.05, 0) is 30.7 Å². The van der Waals surface area contributed by atoms with Crippen molar-refractivity contribution in [1.82, 2.24) is 25.8 Å². The van der Waals surface area contributed by atoms with E-state index in [-0.39, 0.29) is 24.0 Å². The number of hydrogen-bond donors (Lipinski definition) is 3. The molecule has 0 radical (unpaired) electrons. The van der Waals surface area contributed by atoms with Crippen molar-refractivity contribution < 1.29 is 4.42 Å². The number of H-pyrrole nitrogens is 1. The summed E-state index contributed by atoms with van der Waals surface area (Å²) in [4.78, 5) is 11.3. The summed E-state index contributed by atoms with van der Waals surface area (Å²) in [6, 6.07) is 7.95. The summed E-state index contributed by atoms with van der Waals surface area (Å²) in [6.07, 6.45) is 2.67. The van der Waals surface area contributed by atoms with Crippen LogP contribution in [0.1, 0.15) is 22.5 Å². The molecule has 7 nitrogen and oxygen atoms in total. The number of nitrogens with zero attached hydrogens (tertiary/aromatic N) is 3. The summed E-state index contributed by atoms with van der Waals surface area (Å²) >= 11 is 1.82. The molecule has 0 unspecified atom stereocenters. The van der Waals surface area contributed by atoms with Crippen LogP contribution in [0.3, 0.4) is 0 Å². The fraction of sp³-hybridized carbons (Fsp3) is 0.312. The Bertz CT molecular complexity index is 795. The molecule has 0 bridgehead atoms. The van der Waals surface area contributed by atoms with E-state index in [1.54, 1.807) is 13.3 Å². The van der Waals surface area contributed by atoms with Gasteiger partial charge in [0.1, 0.15) is 5.82 Å². The zero-order chi connectivity index (χ0) is 16.8. The van der Waals surface area contributed by atoms with E-state index in [0.717, 1.165) is 18.9 Å². The molecule has 0 fully saturated rings. The normalized spacial score (nSPS) is 11.2. The molecule has 9 heteroatoms. The van der Waals surface area contributed by atoms with Gasteiger partial charge >= 0.3 is 0 Å². The fourth-order valence-electron chi connectivity index (χ4n) is 2.16. The van der Waals surface area contributed by atoms with Crippen molar-refractivity contribution in [2.24, 2.45) is 4.99 Å². The third kappa shape index (κ3) is 5.30. The van der Waals surface area contributed by atoms with Crippen LogP contribution in [0.4, 0.5) is 0 Å². The number of guanidine groups is 1. The van der Waals surface area contributed by atoms with Crippen LogP contribution in [0, 0.1) is 0 Å². The highest BCUT2D eigenvalue weighted by Gasteiger charge is 2.08. The Kier molecular flexibility index (Phi) is 7.44. The van der Waals surface area contributed by atoms with Gasteiger partial charge in [-0.2, -0.15) is 0 Å². The average Bonchev–Trinajstić information content (AvgIpc) is 3.35. The first kappa shape index (κ1) is 19.4. The summed E-state index contributed by atoms with van der Waals surface area (Å²) in [7, 11) is 1.75. The molecule has 0 saturated heterocycles. The third-order valence-electron chi connectivity index (χ3n) is 3.42. The summed E-state index contributed by atoms with van der Waals surface area (Å²) < 4.78 is 5.28. The van der Waals surface area contributed by atoms with E-state index in [4.69, 9.17) is 4.42 Å². The molecule has 0 amide bonds. The second-order valence-corrected chi connectivity index (χ2v) is 6.34. The van der Waals surface area contributed by atoms with Crippen molar-refractivity contribution >= 4 is 41.3 Å². The maximum atomic E-state index is 5.28. The van der Waals surface area contributed by atoms with Crippen LogP contribution in [0.2, 0.25) is 0 Å². The molecule has 0 aromatic carbocycles. The lowest BCUT2D eigenvalue weighted by atomic mass is 10.4. The van der Waals surface area contributed by atoms with Gasteiger partial charge in [0.15, 0.2) is 11.7 Å². The molecule has 0 atom stereocenters. The Morgan fingerprint density at radius 1 is 1.24 bits per heavy atom. The first-order valence-corrected chi connectivity index (χ1v) is 8.57. The maximum absolute atomic E-state index is 5.28. The highest BCUT2D eigenvalue weighted by molar-refractivity contribution is 14.0. The lowest BCUT2D eigenvalue weighted by molar-refractivity contribution is 0.577. The van der Waals surface area contributed by atoms with Crippen LogP contribution in [-0.2, 0) is 19.5 Å². The number of hydrogen-bond acceptors (Lipinski definition) is 5. The number of aromatic amines is 1. The average molecular weight is 472 g/mol. The number of aliphatic imine (C=N–C) groups is 1. The second-order valence-electron chi connectivity index (χ2n) is 5.08. The molecule has 3 aromatic heterocycles. The van der Waals surface area contributed by atoms with Crippen molar-refractivity contribution in [1.29, 1.82) is 0 Å². The monoisotopic (exact) mass is 472 g/mol. The van der Waals surface area contributed by atoms with Gasteiger partial charge in [0, 0.05) is 16.8 Å². The Balaban J connectivity index is 0.00000225. The van der Waals surface area contributed by atoms with E-state index in [0.29, 0.717) is 24.0 Å². The Hall–Kier alpha value is -1.88. The summed E-state index contributed by atoms with van der Waals surface area (Å²) in [5.41, 5.74) is 0. The minimum atomic E-state index is 0. The predicted molar refractivity (Wildman–Crippen MR) is 110 cm³/mol.